The first-order chi connectivity index (χ1) is 13.0. The van der Waals surface area contributed by atoms with Gasteiger partial charge in [0.1, 0.15) is 0 Å². The minimum Gasteiger partial charge on any atom is -0.355 e. The summed E-state index contributed by atoms with van der Waals surface area (Å²) in [6.07, 6.45) is 0.887. The molecule has 1 heterocycles. The van der Waals surface area contributed by atoms with Crippen LogP contribution >= 0.6 is 11.8 Å². The molecule has 0 aliphatic rings. The average molecular weight is 382 g/mol. The Morgan fingerprint density at radius 1 is 1.19 bits per heavy atom. The van der Waals surface area contributed by atoms with E-state index < -0.39 is 0 Å². The molecule has 0 aliphatic carbocycles. The van der Waals surface area contributed by atoms with Gasteiger partial charge in [-0.15, -0.1) is 0 Å². The number of hydrogen-bond donors (Lipinski definition) is 1. The van der Waals surface area contributed by atoms with Crippen molar-refractivity contribution < 1.29 is 4.79 Å². The van der Waals surface area contributed by atoms with Crippen molar-refractivity contribution in [2.45, 2.75) is 32.3 Å². The van der Waals surface area contributed by atoms with Crippen LogP contribution in [0.1, 0.15) is 24.5 Å². The van der Waals surface area contributed by atoms with Gasteiger partial charge in [0.2, 0.25) is 5.91 Å². The molecule has 0 fully saturated rings. The third-order valence-corrected chi connectivity index (χ3v) is 5.19. The lowest BCUT2D eigenvalue weighted by Gasteiger charge is -2.15. The van der Waals surface area contributed by atoms with Crippen molar-refractivity contribution >= 4 is 28.6 Å². The molecule has 0 bridgehead atoms. The van der Waals surface area contributed by atoms with E-state index in [9.17, 15) is 9.59 Å². The predicted molar refractivity (Wildman–Crippen MR) is 111 cm³/mol. The summed E-state index contributed by atoms with van der Waals surface area (Å²) in [5, 5.41) is 3.95. The number of thioether (sulfide) groups is 1. The zero-order valence-corrected chi connectivity index (χ0v) is 16.6. The zero-order valence-electron chi connectivity index (χ0n) is 15.8. The average Bonchev–Trinajstić information content (AvgIpc) is 2.67. The van der Waals surface area contributed by atoms with Crippen molar-refractivity contribution in [1.29, 1.82) is 0 Å². The normalized spacial score (nSPS) is 10.9. The highest BCUT2D eigenvalue weighted by atomic mass is 32.2. The second kappa shape index (κ2) is 8.39. The Kier molecular flexibility index (Phi) is 5.96. The highest BCUT2D eigenvalue weighted by molar-refractivity contribution is 7.99. The van der Waals surface area contributed by atoms with Crippen molar-refractivity contribution in [2.75, 3.05) is 12.3 Å². The third kappa shape index (κ3) is 4.22. The van der Waals surface area contributed by atoms with Crippen LogP contribution in [0.2, 0.25) is 0 Å². The third-order valence-electron chi connectivity index (χ3n) is 4.26. The summed E-state index contributed by atoms with van der Waals surface area (Å²) in [6.45, 7) is 6.62. The van der Waals surface area contributed by atoms with Crippen LogP contribution in [0.5, 0.6) is 0 Å². The highest BCUT2D eigenvalue weighted by Crippen LogP contribution is 2.23. The van der Waals surface area contributed by atoms with Gasteiger partial charge < -0.3 is 5.32 Å². The summed E-state index contributed by atoms with van der Waals surface area (Å²) in [4.78, 5) is 30.0. The number of nitrogens with one attached hydrogen (secondary N) is 1. The number of rotatable bonds is 6. The monoisotopic (exact) mass is 381 g/mol. The Morgan fingerprint density at radius 3 is 2.74 bits per heavy atom. The molecule has 0 atom stereocenters. The molecule has 6 heteroatoms. The van der Waals surface area contributed by atoms with Gasteiger partial charge in [-0.05, 0) is 49.6 Å². The molecule has 140 valence electrons. The maximum absolute atomic E-state index is 13.2. The molecule has 5 nitrogen and oxygen atoms in total. The summed E-state index contributed by atoms with van der Waals surface area (Å²) in [5.74, 6) is 0.159. The number of carbonyl (C=O) groups excluding carboxylic acids is 1. The van der Waals surface area contributed by atoms with Crippen LogP contribution in [-0.2, 0) is 4.79 Å². The molecule has 2 aromatic carbocycles. The standard InChI is InChI=1S/C21H23N3O2S/c1-4-11-22-19(25)13-27-21-23-17-8-6-5-7-16(17)20(26)24(21)18-12-14(2)9-10-15(18)3/h5-10,12H,4,11,13H2,1-3H3,(H,22,25). The van der Waals surface area contributed by atoms with Crippen molar-refractivity contribution in [3.63, 3.8) is 0 Å². The number of amides is 1. The van der Waals surface area contributed by atoms with Crippen molar-refractivity contribution in [2.24, 2.45) is 0 Å². The van der Waals surface area contributed by atoms with Crippen LogP contribution in [0.3, 0.4) is 0 Å². The second-order valence-electron chi connectivity index (χ2n) is 6.48. The summed E-state index contributed by atoms with van der Waals surface area (Å²) in [6, 6.07) is 13.3. The van der Waals surface area contributed by atoms with Gasteiger partial charge in [-0.25, -0.2) is 4.98 Å². The summed E-state index contributed by atoms with van der Waals surface area (Å²) >= 11 is 1.28. The maximum Gasteiger partial charge on any atom is 0.266 e. The maximum atomic E-state index is 13.2. The Labute approximate surface area is 162 Å². The molecule has 0 saturated carbocycles. The lowest BCUT2D eigenvalue weighted by molar-refractivity contribution is -0.118. The minimum absolute atomic E-state index is 0.0585. The van der Waals surface area contributed by atoms with Gasteiger partial charge in [-0.3, -0.25) is 14.2 Å². The van der Waals surface area contributed by atoms with Gasteiger partial charge in [-0.1, -0.05) is 43.0 Å². The van der Waals surface area contributed by atoms with E-state index in [1.54, 1.807) is 10.6 Å². The highest BCUT2D eigenvalue weighted by Gasteiger charge is 2.16. The van der Waals surface area contributed by atoms with Crippen LogP contribution in [0, 0.1) is 13.8 Å². The summed E-state index contributed by atoms with van der Waals surface area (Å²) in [7, 11) is 0. The predicted octanol–water partition coefficient (Wildman–Crippen LogP) is 3.62. The van der Waals surface area contributed by atoms with E-state index in [-0.39, 0.29) is 17.2 Å². The largest absolute Gasteiger partial charge is 0.355 e. The Hall–Kier alpha value is -2.60. The fraction of sp³-hybridized carbons (Fsp3) is 0.286. The summed E-state index contributed by atoms with van der Waals surface area (Å²) in [5.41, 5.74) is 3.37. The number of fused-ring (bicyclic) bond motifs is 1. The van der Waals surface area contributed by atoms with E-state index in [1.807, 2.05) is 57.2 Å². The van der Waals surface area contributed by atoms with Gasteiger partial charge in [0.15, 0.2) is 5.16 Å². The molecule has 3 aromatic rings. The lowest BCUT2D eigenvalue weighted by atomic mass is 10.1. The first-order valence-electron chi connectivity index (χ1n) is 9.00. The lowest BCUT2D eigenvalue weighted by Crippen LogP contribution is -2.27. The van der Waals surface area contributed by atoms with Crippen molar-refractivity contribution in [3.8, 4) is 5.69 Å². The number of hydrogen-bond acceptors (Lipinski definition) is 4. The van der Waals surface area contributed by atoms with E-state index >= 15 is 0 Å². The number of aromatic nitrogens is 2. The molecule has 0 aliphatic heterocycles. The number of aryl methyl sites for hydroxylation is 2. The van der Waals surface area contributed by atoms with Gasteiger partial charge >= 0.3 is 0 Å². The van der Waals surface area contributed by atoms with Crippen LogP contribution in [-0.4, -0.2) is 27.8 Å². The molecular weight excluding hydrogens is 358 g/mol. The van der Waals surface area contributed by atoms with E-state index in [1.165, 1.54) is 11.8 Å². The quantitative estimate of drug-likeness (QED) is 0.523. The molecule has 1 amide bonds. The molecule has 3 rings (SSSR count). The van der Waals surface area contributed by atoms with Gasteiger partial charge in [0.05, 0.1) is 22.3 Å². The smallest absolute Gasteiger partial charge is 0.266 e. The molecule has 1 N–H and O–H groups in total. The first kappa shape index (κ1) is 19.2. The number of para-hydroxylation sites is 1. The minimum atomic E-state index is -0.120. The Bertz CT molecular complexity index is 1040. The van der Waals surface area contributed by atoms with Gasteiger partial charge in [0.25, 0.3) is 5.56 Å². The molecule has 0 unspecified atom stereocenters. The topological polar surface area (TPSA) is 64.0 Å². The van der Waals surface area contributed by atoms with E-state index in [0.717, 1.165) is 23.2 Å². The molecule has 1 aromatic heterocycles. The molecule has 0 radical (unpaired) electrons. The molecule has 0 saturated heterocycles. The first-order valence-corrected chi connectivity index (χ1v) is 9.98. The fourth-order valence-corrected chi connectivity index (χ4v) is 3.66. The fourth-order valence-electron chi connectivity index (χ4n) is 2.83. The second-order valence-corrected chi connectivity index (χ2v) is 7.42. The number of benzene rings is 2. The summed E-state index contributed by atoms with van der Waals surface area (Å²) < 4.78 is 1.63. The van der Waals surface area contributed by atoms with Gasteiger partial charge in [0, 0.05) is 6.54 Å². The Balaban J connectivity index is 2.12. The zero-order chi connectivity index (χ0) is 19.4. The Morgan fingerprint density at radius 2 is 1.96 bits per heavy atom. The molecule has 27 heavy (non-hydrogen) atoms. The van der Waals surface area contributed by atoms with Crippen LogP contribution in [0.4, 0.5) is 0 Å². The van der Waals surface area contributed by atoms with E-state index in [4.69, 9.17) is 0 Å². The molecule has 0 spiro atoms. The van der Waals surface area contributed by atoms with Crippen LogP contribution < -0.4 is 10.9 Å². The number of nitrogens with zero attached hydrogens (tertiary/aromatic N) is 2. The number of carbonyl (C=O) groups is 1. The molecular formula is C21H23N3O2S. The van der Waals surface area contributed by atoms with Crippen molar-refractivity contribution in [3.05, 3.63) is 63.9 Å². The van der Waals surface area contributed by atoms with Crippen LogP contribution in [0.25, 0.3) is 16.6 Å². The SMILES string of the molecule is CCCNC(=O)CSc1nc2ccccc2c(=O)n1-c1cc(C)ccc1C. The van der Waals surface area contributed by atoms with Crippen LogP contribution in [0.15, 0.2) is 52.4 Å². The van der Waals surface area contributed by atoms with Crippen molar-refractivity contribution in [1.82, 2.24) is 14.9 Å². The van der Waals surface area contributed by atoms with E-state index in [0.29, 0.717) is 22.6 Å². The van der Waals surface area contributed by atoms with Gasteiger partial charge in [-0.2, -0.15) is 0 Å². The van der Waals surface area contributed by atoms with E-state index in [2.05, 4.69) is 10.3 Å².